The van der Waals surface area contributed by atoms with E-state index in [0.717, 1.165) is 4.68 Å². The first kappa shape index (κ1) is 13.9. The van der Waals surface area contributed by atoms with Gasteiger partial charge in [-0.1, -0.05) is 15.9 Å². The van der Waals surface area contributed by atoms with E-state index in [0.29, 0.717) is 11.4 Å². The summed E-state index contributed by atoms with van der Waals surface area (Å²) in [6.07, 6.45) is -3.25. The molecule has 1 aromatic carbocycles. The largest absolute Gasteiger partial charge is 0.497 e. The third-order valence-corrected chi connectivity index (χ3v) is 3.18. The van der Waals surface area contributed by atoms with Gasteiger partial charge in [0.05, 0.1) is 19.0 Å². The van der Waals surface area contributed by atoms with Crippen molar-refractivity contribution in [2.45, 2.75) is 11.5 Å². The predicted octanol–water partition coefficient (Wildman–Crippen LogP) is 3.79. The average Bonchev–Trinajstić information content (AvgIpc) is 2.82. The highest BCUT2D eigenvalue weighted by atomic mass is 79.9. The minimum atomic E-state index is -4.46. The zero-order valence-electron chi connectivity index (χ0n) is 9.91. The van der Waals surface area contributed by atoms with E-state index in [9.17, 15) is 13.2 Å². The summed E-state index contributed by atoms with van der Waals surface area (Å²) < 4.78 is 45.0. The highest BCUT2D eigenvalue weighted by Crippen LogP contribution is 2.34. The lowest BCUT2D eigenvalue weighted by Gasteiger charge is -2.12. The van der Waals surface area contributed by atoms with E-state index < -0.39 is 11.9 Å². The highest BCUT2D eigenvalue weighted by molar-refractivity contribution is 9.08. The molecule has 0 amide bonds. The van der Waals surface area contributed by atoms with Gasteiger partial charge in [0, 0.05) is 10.9 Å². The van der Waals surface area contributed by atoms with Gasteiger partial charge in [0.15, 0.2) is 5.69 Å². The van der Waals surface area contributed by atoms with Gasteiger partial charge in [-0.3, -0.25) is 0 Å². The number of alkyl halides is 4. The minimum absolute atomic E-state index is 0.0952. The Bertz CT molecular complexity index is 563. The molecule has 0 spiro atoms. The van der Waals surface area contributed by atoms with Gasteiger partial charge in [0.1, 0.15) is 5.75 Å². The van der Waals surface area contributed by atoms with Crippen LogP contribution in [0.4, 0.5) is 13.2 Å². The van der Waals surface area contributed by atoms with Crippen molar-refractivity contribution in [3.05, 3.63) is 41.7 Å². The summed E-state index contributed by atoms with van der Waals surface area (Å²) in [5, 5.41) is 3.90. The fraction of sp³-hybridized carbons (Fsp3) is 0.250. The lowest BCUT2D eigenvalue weighted by molar-refractivity contribution is -0.143. The zero-order valence-corrected chi connectivity index (χ0v) is 11.5. The van der Waals surface area contributed by atoms with E-state index in [-0.39, 0.29) is 10.9 Å². The molecule has 0 fully saturated rings. The second-order valence-corrected chi connectivity index (χ2v) is 4.32. The third-order valence-electron chi connectivity index (χ3n) is 2.57. The van der Waals surface area contributed by atoms with Gasteiger partial charge in [0.25, 0.3) is 0 Å². The topological polar surface area (TPSA) is 27.1 Å². The predicted molar refractivity (Wildman–Crippen MR) is 67.7 cm³/mol. The molecule has 0 N–H and O–H groups in total. The Morgan fingerprint density at radius 2 is 1.89 bits per heavy atom. The molecule has 0 aliphatic rings. The number of rotatable bonds is 3. The van der Waals surface area contributed by atoms with Gasteiger partial charge >= 0.3 is 6.18 Å². The first-order chi connectivity index (χ1) is 8.97. The van der Waals surface area contributed by atoms with Crippen molar-refractivity contribution in [2.75, 3.05) is 7.11 Å². The van der Waals surface area contributed by atoms with Crippen LogP contribution in [0.15, 0.2) is 30.5 Å². The highest BCUT2D eigenvalue weighted by Gasteiger charge is 2.38. The number of methoxy groups -OCH3 is 1. The molecule has 0 radical (unpaired) electrons. The lowest BCUT2D eigenvalue weighted by atomic mass is 10.2. The number of hydrogen-bond donors (Lipinski definition) is 0. The normalized spacial score (nSPS) is 11.6. The lowest BCUT2D eigenvalue weighted by Crippen LogP contribution is -2.15. The summed E-state index contributed by atoms with van der Waals surface area (Å²) >= 11 is 3.04. The first-order valence-corrected chi connectivity index (χ1v) is 6.44. The number of halogens is 4. The Hall–Kier alpha value is -1.50. The molecule has 0 aliphatic heterocycles. The number of aromatic nitrogens is 2. The van der Waals surface area contributed by atoms with Gasteiger partial charge in [-0.05, 0) is 24.3 Å². The van der Waals surface area contributed by atoms with Crippen LogP contribution in [0.3, 0.4) is 0 Å². The van der Waals surface area contributed by atoms with E-state index in [1.807, 2.05) is 0 Å². The van der Waals surface area contributed by atoms with Crippen LogP contribution < -0.4 is 4.74 Å². The molecular weight excluding hydrogens is 325 g/mol. The summed E-state index contributed by atoms with van der Waals surface area (Å²) in [5.74, 6) is 0.574. The summed E-state index contributed by atoms with van der Waals surface area (Å²) in [4.78, 5) is 0. The third kappa shape index (κ3) is 2.75. The Morgan fingerprint density at radius 3 is 2.37 bits per heavy atom. The molecule has 0 saturated carbocycles. The molecule has 102 valence electrons. The Labute approximate surface area is 116 Å². The standard InChI is InChI=1S/C12H10BrF3N2O/c1-19-10-4-2-9(3-5-10)18-11(12(14,15)16)8(6-13)7-17-18/h2-5,7H,6H2,1H3. The molecule has 19 heavy (non-hydrogen) atoms. The summed E-state index contributed by atoms with van der Waals surface area (Å²) in [5.41, 5.74) is -0.335. The molecule has 2 aromatic rings. The smallest absolute Gasteiger partial charge is 0.433 e. The van der Waals surface area contributed by atoms with Crippen LogP contribution in [0.1, 0.15) is 11.3 Å². The Kier molecular flexibility index (Phi) is 3.84. The van der Waals surface area contributed by atoms with E-state index in [1.54, 1.807) is 12.1 Å². The second-order valence-electron chi connectivity index (χ2n) is 3.76. The van der Waals surface area contributed by atoms with Crippen molar-refractivity contribution in [3.63, 3.8) is 0 Å². The number of nitrogens with zero attached hydrogens (tertiary/aromatic N) is 2. The maximum atomic E-state index is 13.1. The quantitative estimate of drug-likeness (QED) is 0.798. The molecule has 1 heterocycles. The molecule has 0 aliphatic carbocycles. The maximum Gasteiger partial charge on any atom is 0.433 e. The monoisotopic (exact) mass is 334 g/mol. The summed E-state index contributed by atoms with van der Waals surface area (Å²) in [6.45, 7) is 0. The van der Waals surface area contributed by atoms with E-state index in [2.05, 4.69) is 21.0 Å². The average molecular weight is 335 g/mol. The van der Waals surface area contributed by atoms with Crippen molar-refractivity contribution in [1.82, 2.24) is 9.78 Å². The second kappa shape index (κ2) is 5.24. The van der Waals surface area contributed by atoms with Crippen LogP contribution in [0.25, 0.3) is 5.69 Å². The Morgan fingerprint density at radius 1 is 1.26 bits per heavy atom. The Balaban J connectivity index is 2.52. The van der Waals surface area contributed by atoms with Crippen LogP contribution in [-0.4, -0.2) is 16.9 Å². The molecule has 2 rings (SSSR count). The number of ether oxygens (including phenoxy) is 1. The number of benzene rings is 1. The van der Waals surface area contributed by atoms with Crippen molar-refractivity contribution in [3.8, 4) is 11.4 Å². The van der Waals surface area contributed by atoms with E-state index >= 15 is 0 Å². The fourth-order valence-electron chi connectivity index (χ4n) is 1.70. The van der Waals surface area contributed by atoms with E-state index in [1.165, 1.54) is 25.4 Å². The summed E-state index contributed by atoms with van der Waals surface area (Å²) in [6, 6.07) is 6.23. The van der Waals surface area contributed by atoms with Crippen molar-refractivity contribution in [1.29, 1.82) is 0 Å². The molecule has 1 aromatic heterocycles. The van der Waals surface area contributed by atoms with Crippen molar-refractivity contribution in [2.24, 2.45) is 0 Å². The molecule has 7 heteroatoms. The van der Waals surface area contributed by atoms with Gasteiger partial charge in [-0.25, -0.2) is 4.68 Å². The first-order valence-electron chi connectivity index (χ1n) is 5.32. The van der Waals surface area contributed by atoms with Crippen molar-refractivity contribution < 1.29 is 17.9 Å². The number of hydrogen-bond acceptors (Lipinski definition) is 2. The maximum absolute atomic E-state index is 13.1. The van der Waals surface area contributed by atoms with Gasteiger partial charge < -0.3 is 4.74 Å². The van der Waals surface area contributed by atoms with Gasteiger partial charge in [0.2, 0.25) is 0 Å². The van der Waals surface area contributed by atoms with Crippen LogP contribution in [0.5, 0.6) is 5.75 Å². The molecule has 0 bridgehead atoms. The van der Waals surface area contributed by atoms with Crippen LogP contribution in [0.2, 0.25) is 0 Å². The van der Waals surface area contributed by atoms with Gasteiger partial charge in [-0.15, -0.1) is 0 Å². The molecule has 0 unspecified atom stereocenters. The SMILES string of the molecule is COc1ccc(-n2ncc(CBr)c2C(F)(F)F)cc1. The minimum Gasteiger partial charge on any atom is -0.497 e. The fourth-order valence-corrected chi connectivity index (χ4v) is 2.11. The molecule has 3 nitrogen and oxygen atoms in total. The summed E-state index contributed by atoms with van der Waals surface area (Å²) in [7, 11) is 1.49. The van der Waals surface area contributed by atoms with Gasteiger partial charge in [-0.2, -0.15) is 18.3 Å². The molecule has 0 atom stereocenters. The zero-order chi connectivity index (χ0) is 14.0. The van der Waals surface area contributed by atoms with Crippen LogP contribution in [-0.2, 0) is 11.5 Å². The van der Waals surface area contributed by atoms with E-state index in [4.69, 9.17) is 4.74 Å². The van der Waals surface area contributed by atoms with Crippen LogP contribution >= 0.6 is 15.9 Å². The molecular formula is C12H10BrF3N2O. The van der Waals surface area contributed by atoms with Crippen molar-refractivity contribution >= 4 is 15.9 Å². The van der Waals surface area contributed by atoms with Crippen LogP contribution in [0, 0.1) is 0 Å². The molecule has 0 saturated heterocycles.